The van der Waals surface area contributed by atoms with Crippen molar-refractivity contribution in [2.24, 2.45) is 0 Å². The Morgan fingerprint density at radius 1 is 1.22 bits per heavy atom. The molecule has 0 aromatic heterocycles. The quantitative estimate of drug-likeness (QED) is 0.628. The number of hydrogen-bond acceptors (Lipinski definition) is 3. The summed E-state index contributed by atoms with van der Waals surface area (Å²) in [6, 6.07) is 6.24. The summed E-state index contributed by atoms with van der Waals surface area (Å²) in [5.74, 6) is -0.994. The van der Waals surface area contributed by atoms with E-state index in [4.69, 9.17) is 0 Å². The summed E-state index contributed by atoms with van der Waals surface area (Å²) in [5, 5.41) is 19.8. The minimum atomic E-state index is -4.92. The Bertz CT molecular complexity index is 637. The van der Waals surface area contributed by atoms with Crippen LogP contribution in [0.25, 0.3) is 10.8 Å². The van der Waals surface area contributed by atoms with Crippen LogP contribution in [0.5, 0.6) is 5.75 Å². The van der Waals surface area contributed by atoms with Gasteiger partial charge in [0.05, 0.1) is 4.92 Å². The molecule has 0 amide bonds. The van der Waals surface area contributed by atoms with E-state index in [0.29, 0.717) is 0 Å². The largest absolute Gasteiger partial charge is 0.502 e. The van der Waals surface area contributed by atoms with Gasteiger partial charge in [0.15, 0.2) is 5.75 Å². The van der Waals surface area contributed by atoms with Crippen molar-refractivity contribution in [1.82, 2.24) is 0 Å². The van der Waals surface area contributed by atoms with Crippen molar-refractivity contribution < 1.29 is 23.2 Å². The second kappa shape index (κ2) is 3.86. The number of nitro benzene ring substituents is 1. The number of aromatic hydroxyl groups is 1. The first-order chi connectivity index (χ1) is 8.32. The number of benzene rings is 2. The van der Waals surface area contributed by atoms with Gasteiger partial charge >= 0.3 is 11.9 Å². The molecule has 0 radical (unpaired) electrons. The molecule has 4 nitrogen and oxygen atoms in total. The second-order valence-electron chi connectivity index (χ2n) is 3.60. The van der Waals surface area contributed by atoms with Crippen molar-refractivity contribution in [2.75, 3.05) is 0 Å². The van der Waals surface area contributed by atoms with Gasteiger partial charge in [-0.15, -0.1) is 0 Å². The predicted octanol–water partition coefficient (Wildman–Crippen LogP) is 3.47. The Labute approximate surface area is 98.4 Å². The topological polar surface area (TPSA) is 63.4 Å². The van der Waals surface area contributed by atoms with Crippen LogP contribution in [0.15, 0.2) is 30.3 Å². The van der Waals surface area contributed by atoms with Gasteiger partial charge in [-0.1, -0.05) is 24.3 Å². The van der Waals surface area contributed by atoms with Crippen molar-refractivity contribution in [3.05, 3.63) is 46.0 Å². The third kappa shape index (κ3) is 1.83. The first-order valence-electron chi connectivity index (χ1n) is 4.78. The molecule has 18 heavy (non-hydrogen) atoms. The highest BCUT2D eigenvalue weighted by Crippen LogP contribution is 2.45. The van der Waals surface area contributed by atoms with Gasteiger partial charge in [0.1, 0.15) is 5.56 Å². The monoisotopic (exact) mass is 257 g/mol. The average molecular weight is 257 g/mol. The van der Waals surface area contributed by atoms with E-state index < -0.39 is 28.1 Å². The van der Waals surface area contributed by atoms with Crippen LogP contribution in [0.4, 0.5) is 18.9 Å². The van der Waals surface area contributed by atoms with E-state index in [9.17, 15) is 28.4 Å². The molecule has 7 heteroatoms. The van der Waals surface area contributed by atoms with Crippen LogP contribution in [-0.4, -0.2) is 10.0 Å². The first-order valence-corrected chi connectivity index (χ1v) is 4.78. The van der Waals surface area contributed by atoms with Gasteiger partial charge in [-0.3, -0.25) is 10.1 Å². The summed E-state index contributed by atoms with van der Waals surface area (Å²) in [5.41, 5.74) is -2.75. The molecule has 0 spiro atoms. The van der Waals surface area contributed by atoms with Crippen LogP contribution in [-0.2, 0) is 6.18 Å². The molecule has 0 heterocycles. The summed E-state index contributed by atoms with van der Waals surface area (Å²) >= 11 is 0. The number of halogens is 3. The number of fused-ring (bicyclic) bond motifs is 1. The third-order valence-electron chi connectivity index (χ3n) is 2.47. The summed E-state index contributed by atoms with van der Waals surface area (Å²) in [6.45, 7) is 0. The zero-order valence-corrected chi connectivity index (χ0v) is 8.73. The average Bonchev–Trinajstić information content (AvgIpc) is 2.25. The lowest BCUT2D eigenvalue weighted by Gasteiger charge is -2.11. The highest BCUT2D eigenvalue weighted by Gasteiger charge is 2.42. The maximum Gasteiger partial charge on any atom is 0.423 e. The van der Waals surface area contributed by atoms with E-state index in [1.165, 1.54) is 18.2 Å². The van der Waals surface area contributed by atoms with E-state index in [1.54, 1.807) is 0 Å². The van der Waals surface area contributed by atoms with Crippen molar-refractivity contribution >= 4 is 16.5 Å². The summed E-state index contributed by atoms with van der Waals surface area (Å²) < 4.78 is 38.7. The predicted molar refractivity (Wildman–Crippen MR) is 57.3 cm³/mol. The van der Waals surface area contributed by atoms with Gasteiger partial charge in [0, 0.05) is 5.39 Å². The van der Waals surface area contributed by atoms with Crippen molar-refractivity contribution in [3.63, 3.8) is 0 Å². The van der Waals surface area contributed by atoms with Crippen molar-refractivity contribution in [1.29, 1.82) is 0 Å². The van der Waals surface area contributed by atoms with Crippen LogP contribution < -0.4 is 0 Å². The van der Waals surface area contributed by atoms with Crippen molar-refractivity contribution in [3.8, 4) is 5.75 Å². The molecule has 2 aromatic rings. The molecule has 0 saturated carbocycles. The summed E-state index contributed by atoms with van der Waals surface area (Å²) in [4.78, 5) is 9.45. The highest BCUT2D eigenvalue weighted by molar-refractivity contribution is 5.91. The second-order valence-corrected chi connectivity index (χ2v) is 3.60. The molecule has 94 valence electrons. The van der Waals surface area contributed by atoms with Crippen LogP contribution in [0.2, 0.25) is 0 Å². The Kier molecular flexibility index (Phi) is 2.61. The lowest BCUT2D eigenvalue weighted by molar-refractivity contribution is -0.388. The van der Waals surface area contributed by atoms with E-state index in [0.717, 1.165) is 12.1 Å². The maximum atomic E-state index is 12.9. The van der Waals surface area contributed by atoms with E-state index in [1.807, 2.05) is 0 Å². The number of nitrogens with zero attached hydrogens (tertiary/aromatic N) is 1. The smallest absolute Gasteiger partial charge is 0.423 e. The van der Waals surface area contributed by atoms with Gasteiger partial charge < -0.3 is 5.11 Å². The number of phenolic OH excluding ortho intramolecular Hbond substituents is 1. The van der Waals surface area contributed by atoms with Crippen LogP contribution >= 0.6 is 0 Å². The number of rotatable bonds is 1. The zero-order chi connectivity index (χ0) is 13.5. The molecule has 2 aromatic carbocycles. The summed E-state index contributed by atoms with van der Waals surface area (Å²) in [7, 11) is 0. The SMILES string of the molecule is O=[N+]([O-])c1c(O)cc2ccccc2c1C(F)(F)F. The van der Waals surface area contributed by atoms with Crippen LogP contribution in [0.3, 0.4) is 0 Å². The van der Waals surface area contributed by atoms with Gasteiger partial charge in [-0.05, 0) is 11.5 Å². The molecule has 0 aliphatic carbocycles. The Morgan fingerprint density at radius 3 is 2.39 bits per heavy atom. The Hall–Kier alpha value is -2.31. The number of alkyl halides is 3. The highest BCUT2D eigenvalue weighted by atomic mass is 19.4. The molecule has 0 aliphatic heterocycles. The minimum absolute atomic E-state index is 0.0907. The minimum Gasteiger partial charge on any atom is -0.502 e. The van der Waals surface area contributed by atoms with E-state index in [-0.39, 0.29) is 10.8 Å². The third-order valence-corrected chi connectivity index (χ3v) is 2.47. The Balaban J connectivity index is 2.99. The molecule has 2 rings (SSSR count). The van der Waals surface area contributed by atoms with E-state index in [2.05, 4.69) is 0 Å². The fraction of sp³-hybridized carbons (Fsp3) is 0.0909. The molecule has 1 N–H and O–H groups in total. The Morgan fingerprint density at radius 2 is 1.83 bits per heavy atom. The van der Waals surface area contributed by atoms with Gasteiger partial charge in [-0.25, -0.2) is 0 Å². The molecule has 0 atom stereocenters. The van der Waals surface area contributed by atoms with E-state index >= 15 is 0 Å². The summed E-state index contributed by atoms with van der Waals surface area (Å²) in [6.07, 6.45) is -4.92. The molecule has 0 unspecified atom stereocenters. The molecular formula is C11H6F3NO3. The molecule has 0 aliphatic rings. The molecule has 0 bridgehead atoms. The number of hydrogen-bond donors (Lipinski definition) is 1. The number of nitro groups is 1. The van der Waals surface area contributed by atoms with Crippen LogP contribution in [0, 0.1) is 10.1 Å². The van der Waals surface area contributed by atoms with Crippen LogP contribution in [0.1, 0.15) is 5.56 Å². The molecule has 0 saturated heterocycles. The first kappa shape index (κ1) is 12.2. The standard InChI is InChI=1S/C11H6F3NO3/c12-11(13,14)9-7-4-2-1-3-6(7)5-8(16)10(9)15(17)18/h1-5,16H. The van der Waals surface area contributed by atoms with Gasteiger partial charge in [0.2, 0.25) is 0 Å². The lowest BCUT2D eigenvalue weighted by Crippen LogP contribution is -2.10. The fourth-order valence-corrected chi connectivity index (χ4v) is 1.79. The van der Waals surface area contributed by atoms with Crippen molar-refractivity contribution in [2.45, 2.75) is 6.18 Å². The zero-order valence-electron chi connectivity index (χ0n) is 8.73. The molecular weight excluding hydrogens is 251 g/mol. The lowest BCUT2D eigenvalue weighted by atomic mass is 10.0. The normalized spacial score (nSPS) is 11.7. The van der Waals surface area contributed by atoms with Gasteiger partial charge in [-0.2, -0.15) is 13.2 Å². The fourth-order valence-electron chi connectivity index (χ4n) is 1.79. The molecule has 0 fully saturated rings. The maximum absolute atomic E-state index is 12.9. The number of phenols is 1. The van der Waals surface area contributed by atoms with Gasteiger partial charge in [0.25, 0.3) is 0 Å².